The van der Waals surface area contributed by atoms with Crippen LogP contribution in [0.4, 0.5) is 0 Å². The van der Waals surface area contributed by atoms with E-state index in [1.54, 1.807) is 0 Å². The van der Waals surface area contributed by atoms with Crippen molar-refractivity contribution in [3.8, 4) is 5.75 Å². The summed E-state index contributed by atoms with van der Waals surface area (Å²) in [6.07, 6.45) is 1.61. The number of nitrogens with one attached hydrogen (secondary N) is 1. The lowest BCUT2D eigenvalue weighted by Crippen LogP contribution is -2.40. The van der Waals surface area contributed by atoms with Crippen LogP contribution in [0.5, 0.6) is 5.75 Å². The standard InChI is InChI=1S/C14H21NO2/c1-11(2)17-13-6-4-3-5-12(13)14(16)7-9-15-10-8-14/h3-6,11,15-16H,7-10H2,1-2H3. The summed E-state index contributed by atoms with van der Waals surface area (Å²) in [6, 6.07) is 7.83. The highest BCUT2D eigenvalue weighted by molar-refractivity contribution is 5.38. The molecule has 0 aliphatic carbocycles. The smallest absolute Gasteiger partial charge is 0.125 e. The molecule has 0 bridgehead atoms. The predicted molar refractivity (Wildman–Crippen MR) is 68.2 cm³/mol. The van der Waals surface area contributed by atoms with E-state index >= 15 is 0 Å². The van der Waals surface area contributed by atoms with Crippen molar-refractivity contribution in [2.24, 2.45) is 0 Å². The van der Waals surface area contributed by atoms with E-state index in [4.69, 9.17) is 4.74 Å². The van der Waals surface area contributed by atoms with Gasteiger partial charge in [0, 0.05) is 5.56 Å². The molecule has 0 unspecified atom stereocenters. The van der Waals surface area contributed by atoms with Gasteiger partial charge in [-0.3, -0.25) is 0 Å². The minimum atomic E-state index is -0.739. The van der Waals surface area contributed by atoms with Crippen LogP contribution in [-0.4, -0.2) is 24.3 Å². The Balaban J connectivity index is 2.29. The van der Waals surface area contributed by atoms with Crippen molar-refractivity contribution in [2.75, 3.05) is 13.1 Å². The maximum atomic E-state index is 10.7. The molecule has 17 heavy (non-hydrogen) atoms. The van der Waals surface area contributed by atoms with Gasteiger partial charge in [-0.05, 0) is 45.8 Å². The second kappa shape index (κ2) is 5.07. The molecule has 0 amide bonds. The first-order valence-electron chi connectivity index (χ1n) is 6.31. The Morgan fingerprint density at radius 3 is 2.53 bits per heavy atom. The topological polar surface area (TPSA) is 41.5 Å². The minimum Gasteiger partial charge on any atom is -0.491 e. The van der Waals surface area contributed by atoms with Gasteiger partial charge in [0.15, 0.2) is 0 Å². The van der Waals surface area contributed by atoms with E-state index in [1.807, 2.05) is 38.1 Å². The van der Waals surface area contributed by atoms with E-state index in [2.05, 4.69) is 5.32 Å². The molecule has 1 aliphatic heterocycles. The SMILES string of the molecule is CC(C)Oc1ccccc1C1(O)CCNCC1. The Bertz CT molecular complexity index is 370. The molecule has 1 saturated heterocycles. The van der Waals surface area contributed by atoms with Gasteiger partial charge >= 0.3 is 0 Å². The minimum absolute atomic E-state index is 0.126. The summed E-state index contributed by atoms with van der Waals surface area (Å²) in [4.78, 5) is 0. The van der Waals surface area contributed by atoms with E-state index in [1.165, 1.54) is 0 Å². The quantitative estimate of drug-likeness (QED) is 0.842. The summed E-state index contributed by atoms with van der Waals surface area (Å²) in [5.41, 5.74) is 0.187. The number of hydrogen-bond donors (Lipinski definition) is 2. The molecule has 94 valence electrons. The van der Waals surface area contributed by atoms with Crippen LogP contribution in [0.2, 0.25) is 0 Å². The Labute approximate surface area is 103 Å². The molecule has 3 heteroatoms. The molecule has 0 aromatic heterocycles. The molecule has 1 aliphatic rings. The first-order valence-corrected chi connectivity index (χ1v) is 6.31. The molecule has 1 heterocycles. The maximum absolute atomic E-state index is 10.7. The first-order chi connectivity index (χ1) is 8.12. The van der Waals surface area contributed by atoms with E-state index in [9.17, 15) is 5.11 Å². The van der Waals surface area contributed by atoms with Crippen molar-refractivity contribution in [2.45, 2.75) is 38.4 Å². The van der Waals surface area contributed by atoms with Crippen molar-refractivity contribution < 1.29 is 9.84 Å². The molecular weight excluding hydrogens is 214 g/mol. The zero-order valence-corrected chi connectivity index (χ0v) is 10.6. The molecule has 1 fully saturated rings. The Morgan fingerprint density at radius 2 is 1.88 bits per heavy atom. The Hall–Kier alpha value is -1.06. The molecule has 3 nitrogen and oxygen atoms in total. The number of rotatable bonds is 3. The van der Waals surface area contributed by atoms with Gasteiger partial charge in [0.05, 0.1) is 11.7 Å². The fourth-order valence-electron chi connectivity index (χ4n) is 2.32. The van der Waals surface area contributed by atoms with E-state index in [0.29, 0.717) is 0 Å². The zero-order chi connectivity index (χ0) is 12.3. The summed E-state index contributed by atoms with van der Waals surface area (Å²) < 4.78 is 5.78. The van der Waals surface area contributed by atoms with Crippen LogP contribution in [0.25, 0.3) is 0 Å². The third-order valence-electron chi connectivity index (χ3n) is 3.18. The van der Waals surface area contributed by atoms with Crippen LogP contribution < -0.4 is 10.1 Å². The molecule has 2 rings (SSSR count). The summed E-state index contributed by atoms with van der Waals surface area (Å²) in [6.45, 7) is 5.71. The van der Waals surface area contributed by atoms with E-state index in [0.717, 1.165) is 37.2 Å². The van der Waals surface area contributed by atoms with Gasteiger partial charge in [-0.25, -0.2) is 0 Å². The van der Waals surface area contributed by atoms with Crippen molar-refractivity contribution in [3.05, 3.63) is 29.8 Å². The summed E-state index contributed by atoms with van der Waals surface area (Å²) >= 11 is 0. The van der Waals surface area contributed by atoms with Gasteiger partial charge in [-0.15, -0.1) is 0 Å². The van der Waals surface area contributed by atoms with Crippen molar-refractivity contribution in [3.63, 3.8) is 0 Å². The van der Waals surface area contributed by atoms with Crippen molar-refractivity contribution in [1.29, 1.82) is 0 Å². The van der Waals surface area contributed by atoms with Crippen LogP contribution in [0.3, 0.4) is 0 Å². The van der Waals surface area contributed by atoms with Crippen LogP contribution >= 0.6 is 0 Å². The lowest BCUT2D eigenvalue weighted by Gasteiger charge is -2.34. The Kier molecular flexibility index (Phi) is 3.69. The van der Waals surface area contributed by atoms with Gasteiger partial charge < -0.3 is 15.2 Å². The third-order valence-corrected chi connectivity index (χ3v) is 3.18. The number of piperidine rings is 1. The number of para-hydroxylation sites is 1. The largest absolute Gasteiger partial charge is 0.491 e. The molecule has 0 spiro atoms. The molecule has 1 aromatic carbocycles. The van der Waals surface area contributed by atoms with Gasteiger partial charge in [0.1, 0.15) is 5.75 Å². The highest BCUT2D eigenvalue weighted by atomic mass is 16.5. The number of benzene rings is 1. The van der Waals surface area contributed by atoms with Crippen molar-refractivity contribution in [1.82, 2.24) is 5.32 Å². The first kappa shape index (κ1) is 12.4. The predicted octanol–water partition coefficient (Wildman–Crippen LogP) is 2.04. The van der Waals surface area contributed by atoms with Crippen LogP contribution in [0.1, 0.15) is 32.3 Å². The lowest BCUT2D eigenvalue weighted by molar-refractivity contribution is 0.00276. The summed E-state index contributed by atoms with van der Waals surface area (Å²) in [5, 5.41) is 14.0. The zero-order valence-electron chi connectivity index (χ0n) is 10.6. The van der Waals surface area contributed by atoms with Gasteiger partial charge in [0.2, 0.25) is 0 Å². The van der Waals surface area contributed by atoms with Gasteiger partial charge in [0.25, 0.3) is 0 Å². The highest BCUT2D eigenvalue weighted by Crippen LogP contribution is 2.36. The maximum Gasteiger partial charge on any atom is 0.125 e. The molecule has 0 atom stereocenters. The summed E-state index contributed by atoms with van der Waals surface area (Å²) in [5.74, 6) is 0.812. The molecule has 0 radical (unpaired) electrons. The molecular formula is C14H21NO2. The third kappa shape index (κ3) is 2.79. The lowest BCUT2D eigenvalue weighted by atomic mass is 9.84. The van der Waals surface area contributed by atoms with E-state index in [-0.39, 0.29) is 6.10 Å². The monoisotopic (exact) mass is 235 g/mol. The molecule has 2 N–H and O–H groups in total. The number of ether oxygens (including phenoxy) is 1. The van der Waals surface area contributed by atoms with Crippen LogP contribution in [0, 0.1) is 0 Å². The molecule has 1 aromatic rings. The van der Waals surface area contributed by atoms with Crippen molar-refractivity contribution >= 4 is 0 Å². The average Bonchev–Trinajstić information content (AvgIpc) is 2.30. The second-order valence-corrected chi connectivity index (χ2v) is 4.94. The number of aliphatic hydroxyl groups is 1. The van der Waals surface area contributed by atoms with Crippen LogP contribution in [-0.2, 0) is 5.60 Å². The molecule has 0 saturated carbocycles. The fraction of sp³-hybridized carbons (Fsp3) is 0.571. The van der Waals surface area contributed by atoms with Crippen LogP contribution in [0.15, 0.2) is 24.3 Å². The summed E-state index contributed by atoms with van der Waals surface area (Å²) in [7, 11) is 0. The average molecular weight is 235 g/mol. The normalized spacial score (nSPS) is 19.3. The Morgan fingerprint density at radius 1 is 1.24 bits per heavy atom. The van der Waals surface area contributed by atoms with E-state index < -0.39 is 5.60 Å². The van der Waals surface area contributed by atoms with Gasteiger partial charge in [-0.1, -0.05) is 18.2 Å². The highest BCUT2D eigenvalue weighted by Gasteiger charge is 2.33. The fourth-order valence-corrected chi connectivity index (χ4v) is 2.32. The number of hydrogen-bond acceptors (Lipinski definition) is 3. The second-order valence-electron chi connectivity index (χ2n) is 4.94. The van der Waals surface area contributed by atoms with Gasteiger partial charge in [-0.2, -0.15) is 0 Å².